The minimum atomic E-state index is -0.552. The molecule has 0 radical (unpaired) electrons. The maximum atomic E-state index is 13.5. The minimum absolute atomic E-state index is 0.0191. The zero-order valence-corrected chi connectivity index (χ0v) is 8.69. The molecular formula is C11H13FN2O2. The van der Waals surface area contributed by atoms with E-state index < -0.39 is 5.82 Å². The van der Waals surface area contributed by atoms with Crippen LogP contribution in [-0.4, -0.2) is 17.6 Å². The number of rotatable bonds is 4. The fraction of sp³-hybridized carbons (Fsp3) is 0.364. The largest absolute Gasteiger partial charge is 0.492 e. The van der Waals surface area contributed by atoms with Crippen molar-refractivity contribution in [1.29, 1.82) is 0 Å². The number of oxime groups is 1. The number of nitrogens with two attached hydrogens (primary N) is 1. The fourth-order valence-corrected chi connectivity index (χ4v) is 1.42. The van der Waals surface area contributed by atoms with E-state index >= 15 is 0 Å². The third-order valence-electron chi connectivity index (χ3n) is 2.51. The molecule has 0 amide bonds. The molecule has 3 N–H and O–H groups in total. The molecule has 0 bridgehead atoms. The quantitative estimate of drug-likeness (QED) is 0.354. The van der Waals surface area contributed by atoms with Gasteiger partial charge in [0.05, 0.1) is 12.2 Å². The van der Waals surface area contributed by atoms with Gasteiger partial charge in [-0.05, 0) is 30.9 Å². The van der Waals surface area contributed by atoms with Gasteiger partial charge in [0, 0.05) is 0 Å². The molecule has 0 aromatic heterocycles. The Morgan fingerprint density at radius 2 is 2.31 bits per heavy atom. The number of hydrogen-bond acceptors (Lipinski definition) is 3. The molecule has 16 heavy (non-hydrogen) atoms. The van der Waals surface area contributed by atoms with Crippen molar-refractivity contribution in [2.45, 2.75) is 12.8 Å². The van der Waals surface area contributed by atoms with E-state index in [0.717, 1.165) is 12.8 Å². The number of ether oxygens (including phenoxy) is 1. The summed E-state index contributed by atoms with van der Waals surface area (Å²) in [6.45, 7) is 0.551. The number of benzene rings is 1. The summed E-state index contributed by atoms with van der Waals surface area (Å²) in [4.78, 5) is 0. The predicted molar refractivity (Wildman–Crippen MR) is 57.1 cm³/mol. The second-order valence-corrected chi connectivity index (χ2v) is 3.85. The highest BCUT2D eigenvalue weighted by Gasteiger charge is 2.23. The highest BCUT2D eigenvalue weighted by molar-refractivity contribution is 5.99. The summed E-state index contributed by atoms with van der Waals surface area (Å²) in [5.41, 5.74) is 5.42. The van der Waals surface area contributed by atoms with Crippen molar-refractivity contribution in [1.82, 2.24) is 0 Å². The van der Waals surface area contributed by atoms with Gasteiger partial charge in [-0.3, -0.25) is 0 Å². The van der Waals surface area contributed by atoms with Crippen molar-refractivity contribution in [3.05, 3.63) is 29.6 Å². The molecule has 1 saturated carbocycles. The molecule has 1 aromatic rings. The van der Waals surface area contributed by atoms with Crippen LogP contribution < -0.4 is 10.5 Å². The maximum Gasteiger partial charge on any atom is 0.176 e. The van der Waals surface area contributed by atoms with Gasteiger partial charge in [-0.15, -0.1) is 0 Å². The van der Waals surface area contributed by atoms with Crippen molar-refractivity contribution in [3.63, 3.8) is 0 Å². The monoisotopic (exact) mass is 224 g/mol. The van der Waals surface area contributed by atoms with Crippen LogP contribution in [0.15, 0.2) is 23.4 Å². The highest BCUT2D eigenvalue weighted by atomic mass is 19.1. The van der Waals surface area contributed by atoms with Crippen molar-refractivity contribution in [2.75, 3.05) is 6.61 Å². The van der Waals surface area contributed by atoms with Crippen LogP contribution in [-0.2, 0) is 0 Å². The van der Waals surface area contributed by atoms with E-state index in [2.05, 4.69) is 5.16 Å². The molecule has 1 aliphatic rings. The Morgan fingerprint density at radius 1 is 1.56 bits per heavy atom. The van der Waals surface area contributed by atoms with Gasteiger partial charge in [0.2, 0.25) is 0 Å². The Balaban J connectivity index is 2.23. The van der Waals surface area contributed by atoms with E-state index in [0.29, 0.717) is 18.3 Å². The molecule has 4 nitrogen and oxygen atoms in total. The number of halogens is 1. The Kier molecular flexibility index (Phi) is 2.94. The van der Waals surface area contributed by atoms with Gasteiger partial charge in [0.1, 0.15) is 11.6 Å². The maximum absolute atomic E-state index is 13.5. The summed E-state index contributed by atoms with van der Waals surface area (Å²) in [5.74, 6) is 0.0538. The van der Waals surface area contributed by atoms with E-state index in [9.17, 15) is 4.39 Å². The molecule has 1 aromatic carbocycles. The lowest BCUT2D eigenvalue weighted by Gasteiger charge is -2.10. The lowest BCUT2D eigenvalue weighted by atomic mass is 10.1. The summed E-state index contributed by atoms with van der Waals surface area (Å²) in [7, 11) is 0. The van der Waals surface area contributed by atoms with Crippen molar-refractivity contribution >= 4 is 5.84 Å². The third kappa shape index (κ3) is 2.24. The predicted octanol–water partition coefficient (Wildman–Crippen LogP) is 1.71. The van der Waals surface area contributed by atoms with Crippen molar-refractivity contribution < 1.29 is 14.3 Å². The summed E-state index contributed by atoms with van der Waals surface area (Å²) >= 11 is 0. The van der Waals surface area contributed by atoms with E-state index in [4.69, 9.17) is 15.7 Å². The first kappa shape index (κ1) is 10.7. The van der Waals surface area contributed by atoms with Gasteiger partial charge < -0.3 is 15.7 Å². The van der Waals surface area contributed by atoms with Gasteiger partial charge in [0.25, 0.3) is 0 Å². The molecule has 5 heteroatoms. The first-order valence-corrected chi connectivity index (χ1v) is 5.11. The molecule has 0 atom stereocenters. The number of hydrogen-bond donors (Lipinski definition) is 2. The average molecular weight is 224 g/mol. The summed E-state index contributed by atoms with van der Waals surface area (Å²) < 4.78 is 18.9. The highest BCUT2D eigenvalue weighted by Crippen LogP contribution is 2.30. The Morgan fingerprint density at radius 3 is 2.94 bits per heavy atom. The molecule has 1 fully saturated rings. The molecule has 86 valence electrons. The van der Waals surface area contributed by atoms with Crippen LogP contribution in [0.25, 0.3) is 0 Å². The zero-order chi connectivity index (χ0) is 11.5. The average Bonchev–Trinajstić information content (AvgIpc) is 3.09. The zero-order valence-electron chi connectivity index (χ0n) is 8.69. The second kappa shape index (κ2) is 4.38. The van der Waals surface area contributed by atoms with E-state index in [1.165, 1.54) is 12.1 Å². The van der Waals surface area contributed by atoms with Crippen LogP contribution in [0.1, 0.15) is 18.4 Å². The minimum Gasteiger partial charge on any atom is -0.492 e. The molecule has 2 rings (SSSR count). The molecule has 0 spiro atoms. The third-order valence-corrected chi connectivity index (χ3v) is 2.51. The Labute approximate surface area is 92.5 Å². The first-order valence-electron chi connectivity index (χ1n) is 5.11. The SMILES string of the molecule is NC(=NO)c1c(F)cccc1OCC1CC1. The number of amidine groups is 1. The fourth-order valence-electron chi connectivity index (χ4n) is 1.42. The van der Waals surface area contributed by atoms with Crippen LogP contribution in [0.4, 0.5) is 4.39 Å². The molecule has 0 saturated heterocycles. The lowest BCUT2D eigenvalue weighted by molar-refractivity contribution is 0.296. The topological polar surface area (TPSA) is 67.8 Å². The van der Waals surface area contributed by atoms with E-state index in [1.54, 1.807) is 6.07 Å². The summed E-state index contributed by atoms with van der Waals surface area (Å²) in [5, 5.41) is 11.4. The van der Waals surface area contributed by atoms with Crippen molar-refractivity contribution in [3.8, 4) is 5.75 Å². The van der Waals surface area contributed by atoms with Gasteiger partial charge in [0.15, 0.2) is 5.84 Å². The summed E-state index contributed by atoms with van der Waals surface area (Å²) in [6, 6.07) is 4.39. The standard InChI is InChI=1S/C11H13FN2O2/c12-8-2-1-3-9(10(8)11(13)14-15)16-6-7-4-5-7/h1-3,7,15H,4-6H2,(H2,13,14). The summed E-state index contributed by atoms with van der Waals surface area (Å²) in [6.07, 6.45) is 2.29. The molecular weight excluding hydrogens is 211 g/mol. The van der Waals surface area contributed by atoms with Gasteiger partial charge in [-0.1, -0.05) is 11.2 Å². The van der Waals surface area contributed by atoms with Crippen LogP contribution >= 0.6 is 0 Å². The van der Waals surface area contributed by atoms with Crippen molar-refractivity contribution in [2.24, 2.45) is 16.8 Å². The molecule has 0 aliphatic heterocycles. The first-order chi connectivity index (χ1) is 7.72. The van der Waals surface area contributed by atoms with Gasteiger partial charge in [-0.2, -0.15) is 0 Å². The van der Waals surface area contributed by atoms with Crippen LogP contribution in [0.2, 0.25) is 0 Å². The van der Waals surface area contributed by atoms with Crippen LogP contribution in [0.5, 0.6) is 5.75 Å². The van der Waals surface area contributed by atoms with Gasteiger partial charge >= 0.3 is 0 Å². The van der Waals surface area contributed by atoms with E-state index in [-0.39, 0.29) is 11.4 Å². The normalized spacial score (nSPS) is 16.2. The Bertz CT molecular complexity index is 416. The lowest BCUT2D eigenvalue weighted by Crippen LogP contribution is -2.17. The molecule has 0 unspecified atom stereocenters. The smallest absolute Gasteiger partial charge is 0.176 e. The molecule has 1 aliphatic carbocycles. The van der Waals surface area contributed by atoms with E-state index in [1.807, 2.05) is 0 Å². The molecule has 0 heterocycles. The van der Waals surface area contributed by atoms with Gasteiger partial charge in [-0.25, -0.2) is 4.39 Å². The Hall–Kier alpha value is -1.78. The van der Waals surface area contributed by atoms with Crippen LogP contribution in [0, 0.1) is 11.7 Å². The van der Waals surface area contributed by atoms with Crippen LogP contribution in [0.3, 0.4) is 0 Å². The number of nitrogens with zero attached hydrogens (tertiary/aromatic N) is 1. The second-order valence-electron chi connectivity index (χ2n) is 3.85.